The minimum Gasteiger partial charge on any atom is -0.322 e. The lowest BCUT2D eigenvalue weighted by Crippen LogP contribution is -2.34. The summed E-state index contributed by atoms with van der Waals surface area (Å²) in [7, 11) is 4.70. The highest BCUT2D eigenvalue weighted by Gasteiger charge is 2.12. The first kappa shape index (κ1) is 14.0. The highest BCUT2D eigenvalue weighted by Crippen LogP contribution is 2.27. The van der Waals surface area contributed by atoms with E-state index in [1.54, 1.807) is 0 Å². The zero-order chi connectivity index (χ0) is 13.9. The van der Waals surface area contributed by atoms with Crippen molar-refractivity contribution >= 4 is 18.8 Å². The van der Waals surface area contributed by atoms with Gasteiger partial charge in [0, 0.05) is 11.5 Å². The number of benzene rings is 2. The Bertz CT molecular complexity index is 556. The molecule has 19 heavy (non-hydrogen) atoms. The summed E-state index contributed by atoms with van der Waals surface area (Å²) in [5, 5.41) is 0.961. The average molecular weight is 274 g/mol. The molecule has 0 aliphatic heterocycles. The molecule has 0 aliphatic rings. The van der Waals surface area contributed by atoms with Crippen LogP contribution in [0.2, 0.25) is 0 Å². The van der Waals surface area contributed by atoms with Crippen LogP contribution in [0.15, 0.2) is 54.6 Å². The minimum absolute atomic E-state index is 0.645. The molecule has 1 unspecified atom stereocenters. The van der Waals surface area contributed by atoms with E-state index in [0.29, 0.717) is 6.16 Å². The molecule has 0 spiro atoms. The topological polar surface area (TPSA) is 17.1 Å². The van der Waals surface area contributed by atoms with Crippen LogP contribution in [0.3, 0.4) is 0 Å². The lowest BCUT2D eigenvalue weighted by atomic mass is 10.2. The highest BCUT2D eigenvalue weighted by molar-refractivity contribution is 7.52. The van der Waals surface area contributed by atoms with Gasteiger partial charge in [-0.1, -0.05) is 42.5 Å². The Balaban J connectivity index is 2.10. The number of hydrogen-bond acceptors (Lipinski definition) is 1. The molecule has 0 aliphatic carbocycles. The van der Waals surface area contributed by atoms with Crippen molar-refractivity contribution in [2.45, 2.75) is 6.16 Å². The van der Waals surface area contributed by atoms with Gasteiger partial charge in [-0.05, 0) is 17.7 Å². The Morgan fingerprint density at radius 2 is 1.47 bits per heavy atom. The molecule has 0 heterocycles. The van der Waals surface area contributed by atoms with Gasteiger partial charge in [0.2, 0.25) is 0 Å². The second-order valence-corrected chi connectivity index (χ2v) is 7.42. The molecule has 1 atom stereocenters. The Kier molecular flexibility index (Phi) is 4.24. The van der Waals surface area contributed by atoms with Gasteiger partial charge in [-0.15, -0.1) is 0 Å². The van der Waals surface area contributed by atoms with Gasteiger partial charge in [-0.25, -0.2) is 0 Å². The average Bonchev–Trinajstić information content (AvgIpc) is 2.39. The van der Waals surface area contributed by atoms with Crippen LogP contribution in [0.1, 0.15) is 5.56 Å². The molecule has 2 rings (SSSR count). The third-order valence-corrected chi connectivity index (χ3v) is 4.88. The zero-order valence-electron chi connectivity index (χ0n) is 11.8. The third kappa shape index (κ3) is 3.79. The quantitative estimate of drug-likeness (QED) is 0.618. The summed E-state index contributed by atoms with van der Waals surface area (Å²) < 4.78 is 13.1. The van der Waals surface area contributed by atoms with E-state index < -0.39 is 7.80 Å². The summed E-state index contributed by atoms with van der Waals surface area (Å²) >= 11 is 0. The molecule has 0 bridgehead atoms. The van der Waals surface area contributed by atoms with Gasteiger partial charge < -0.3 is 4.57 Å². The van der Waals surface area contributed by atoms with Crippen LogP contribution in [0, 0.1) is 0 Å². The summed E-state index contributed by atoms with van der Waals surface area (Å²) in [5.41, 5.74) is 2.40. The summed E-state index contributed by atoms with van der Waals surface area (Å²) in [6.07, 6.45) is 0.645. The van der Waals surface area contributed by atoms with E-state index in [2.05, 4.69) is 45.4 Å². The number of hydrogen-bond donors (Lipinski definition) is 0. The van der Waals surface area contributed by atoms with Crippen molar-refractivity contribution in [2.24, 2.45) is 0 Å². The maximum atomic E-state index is 12.3. The van der Waals surface area contributed by atoms with Gasteiger partial charge in [0.15, 0.2) is 0 Å². The first-order chi connectivity index (χ1) is 8.97. The summed E-state index contributed by atoms with van der Waals surface area (Å²) in [4.78, 5) is 0. The number of rotatable bonds is 4. The van der Waals surface area contributed by atoms with Crippen LogP contribution in [-0.4, -0.2) is 21.1 Å². The van der Waals surface area contributed by atoms with E-state index in [1.807, 2.05) is 30.3 Å². The fraction of sp³-hybridized carbons (Fsp3) is 0.250. The Morgan fingerprint density at radius 3 is 2.00 bits per heavy atom. The molecule has 0 radical (unpaired) electrons. The van der Waals surface area contributed by atoms with E-state index in [4.69, 9.17) is 0 Å². The summed E-state index contributed by atoms with van der Waals surface area (Å²) in [6.45, 7) is 0. The van der Waals surface area contributed by atoms with Gasteiger partial charge >= 0.3 is 0 Å². The molecule has 0 fully saturated rings. The molecule has 3 heteroatoms. The second-order valence-electron chi connectivity index (χ2n) is 5.64. The van der Waals surface area contributed by atoms with Gasteiger partial charge in [0.25, 0.3) is 0 Å². The molecule has 0 N–H and O–H groups in total. The standard InChI is InChI=1S/C16H21NOP/c1-17(2,3)15-11-9-14(10-12-15)13-19(18)16-7-5-4-6-8-16/h4-12,19H,13H2,1-3H3/q+1. The normalized spacial score (nSPS) is 13.2. The Morgan fingerprint density at radius 1 is 0.895 bits per heavy atom. The van der Waals surface area contributed by atoms with Crippen molar-refractivity contribution in [3.05, 3.63) is 60.2 Å². The van der Waals surface area contributed by atoms with Crippen LogP contribution in [0.5, 0.6) is 0 Å². The van der Waals surface area contributed by atoms with E-state index in [1.165, 1.54) is 5.69 Å². The lowest BCUT2D eigenvalue weighted by Gasteiger charge is -2.23. The fourth-order valence-corrected chi connectivity index (χ4v) is 3.35. The number of nitrogens with zero attached hydrogens (tertiary/aromatic N) is 1. The SMILES string of the molecule is C[N+](C)(C)c1ccc(C[PH](=O)c2ccccc2)cc1. The minimum atomic E-state index is -1.72. The van der Waals surface area contributed by atoms with Crippen LogP contribution in [0.4, 0.5) is 5.69 Å². The molecule has 100 valence electrons. The predicted molar refractivity (Wildman–Crippen MR) is 84.8 cm³/mol. The zero-order valence-corrected chi connectivity index (χ0v) is 12.8. The van der Waals surface area contributed by atoms with Crippen LogP contribution in [-0.2, 0) is 10.7 Å². The second kappa shape index (κ2) is 5.73. The Hall–Kier alpha value is -1.37. The smallest absolute Gasteiger partial charge is 0.132 e. The van der Waals surface area contributed by atoms with Crippen molar-refractivity contribution < 1.29 is 4.57 Å². The van der Waals surface area contributed by atoms with Crippen molar-refractivity contribution in [3.8, 4) is 0 Å². The van der Waals surface area contributed by atoms with Crippen molar-refractivity contribution in [2.75, 3.05) is 21.1 Å². The Labute approximate surface area is 116 Å². The lowest BCUT2D eigenvalue weighted by molar-refractivity contribution is 0.486. The van der Waals surface area contributed by atoms with E-state index >= 15 is 0 Å². The maximum Gasteiger partial charge on any atom is 0.132 e. The van der Waals surface area contributed by atoms with Crippen molar-refractivity contribution in [1.29, 1.82) is 0 Å². The molecular formula is C16H21NOP+. The predicted octanol–water partition coefficient (Wildman–Crippen LogP) is 3.27. The number of quaternary nitrogens is 1. The van der Waals surface area contributed by atoms with Crippen molar-refractivity contribution in [3.63, 3.8) is 0 Å². The monoisotopic (exact) mass is 274 g/mol. The first-order valence-corrected chi connectivity index (χ1v) is 8.07. The largest absolute Gasteiger partial charge is 0.322 e. The molecule has 2 nitrogen and oxygen atoms in total. The molecule has 2 aromatic carbocycles. The van der Waals surface area contributed by atoms with Crippen LogP contribution >= 0.6 is 7.80 Å². The molecule has 2 aromatic rings. The molecule has 0 saturated heterocycles. The first-order valence-electron chi connectivity index (χ1n) is 6.46. The third-order valence-electron chi connectivity index (χ3n) is 3.17. The van der Waals surface area contributed by atoms with E-state index in [-0.39, 0.29) is 0 Å². The van der Waals surface area contributed by atoms with Crippen LogP contribution < -0.4 is 9.79 Å². The molecule has 0 saturated carbocycles. The van der Waals surface area contributed by atoms with Crippen molar-refractivity contribution in [1.82, 2.24) is 4.48 Å². The van der Waals surface area contributed by atoms with Gasteiger partial charge in [-0.3, -0.25) is 4.48 Å². The van der Waals surface area contributed by atoms with Gasteiger partial charge in [0.1, 0.15) is 13.5 Å². The van der Waals surface area contributed by atoms with Gasteiger partial charge in [0.05, 0.1) is 21.1 Å². The van der Waals surface area contributed by atoms with Crippen LogP contribution in [0.25, 0.3) is 0 Å². The molecule has 0 amide bonds. The van der Waals surface area contributed by atoms with E-state index in [0.717, 1.165) is 15.4 Å². The summed E-state index contributed by atoms with van der Waals surface area (Å²) in [6, 6.07) is 18.1. The molecule has 0 aromatic heterocycles. The summed E-state index contributed by atoms with van der Waals surface area (Å²) in [5.74, 6) is 0. The van der Waals surface area contributed by atoms with Gasteiger partial charge in [-0.2, -0.15) is 0 Å². The maximum absolute atomic E-state index is 12.3. The van der Waals surface area contributed by atoms with E-state index in [9.17, 15) is 4.57 Å². The molecular weight excluding hydrogens is 253 g/mol. The fourth-order valence-electron chi connectivity index (χ4n) is 1.97. The highest BCUT2D eigenvalue weighted by atomic mass is 31.1.